The van der Waals surface area contributed by atoms with E-state index in [0.29, 0.717) is 12.3 Å². The SMILES string of the molecule is Cc1ccccc1-n1nc(CC#N)cc1C1CC1. The molecular formula is C15H15N3. The van der Waals surface area contributed by atoms with Gasteiger partial charge in [-0.25, -0.2) is 4.68 Å². The van der Waals surface area contributed by atoms with Crippen molar-refractivity contribution < 1.29 is 0 Å². The van der Waals surface area contributed by atoms with Crippen molar-refractivity contribution in [2.24, 2.45) is 0 Å². The van der Waals surface area contributed by atoms with Crippen LogP contribution in [-0.4, -0.2) is 9.78 Å². The molecule has 0 bridgehead atoms. The van der Waals surface area contributed by atoms with E-state index in [1.807, 2.05) is 16.8 Å². The summed E-state index contributed by atoms with van der Waals surface area (Å²) in [7, 11) is 0. The van der Waals surface area contributed by atoms with Crippen molar-refractivity contribution in [1.82, 2.24) is 9.78 Å². The largest absolute Gasteiger partial charge is 0.237 e. The lowest BCUT2D eigenvalue weighted by Gasteiger charge is -2.09. The number of nitrogens with zero attached hydrogens (tertiary/aromatic N) is 3. The fourth-order valence-electron chi connectivity index (χ4n) is 2.28. The molecule has 0 spiro atoms. The fourth-order valence-corrected chi connectivity index (χ4v) is 2.28. The lowest BCUT2D eigenvalue weighted by molar-refractivity contribution is 0.790. The van der Waals surface area contributed by atoms with Gasteiger partial charge >= 0.3 is 0 Å². The molecule has 1 fully saturated rings. The topological polar surface area (TPSA) is 41.6 Å². The van der Waals surface area contributed by atoms with Crippen LogP contribution in [0.5, 0.6) is 0 Å². The van der Waals surface area contributed by atoms with E-state index < -0.39 is 0 Å². The van der Waals surface area contributed by atoms with Crippen LogP contribution in [0.2, 0.25) is 0 Å². The molecule has 1 aromatic heterocycles. The highest BCUT2D eigenvalue weighted by Gasteiger charge is 2.28. The smallest absolute Gasteiger partial charge is 0.0793 e. The summed E-state index contributed by atoms with van der Waals surface area (Å²) in [6.45, 7) is 2.09. The number of hydrogen-bond acceptors (Lipinski definition) is 2. The summed E-state index contributed by atoms with van der Waals surface area (Å²) in [4.78, 5) is 0. The minimum atomic E-state index is 0.388. The lowest BCUT2D eigenvalue weighted by atomic mass is 10.2. The maximum absolute atomic E-state index is 8.80. The predicted molar refractivity (Wildman–Crippen MR) is 69.6 cm³/mol. The normalized spacial score (nSPS) is 14.4. The van der Waals surface area contributed by atoms with Gasteiger partial charge in [0.05, 0.1) is 23.9 Å². The Morgan fingerprint density at radius 2 is 2.17 bits per heavy atom. The van der Waals surface area contributed by atoms with Gasteiger partial charge in [-0.1, -0.05) is 18.2 Å². The first-order valence-electron chi connectivity index (χ1n) is 6.31. The summed E-state index contributed by atoms with van der Waals surface area (Å²) in [5.74, 6) is 0.629. The van der Waals surface area contributed by atoms with E-state index in [0.717, 1.165) is 11.4 Å². The highest BCUT2D eigenvalue weighted by molar-refractivity contribution is 5.42. The quantitative estimate of drug-likeness (QED) is 0.823. The number of aromatic nitrogens is 2. The molecule has 0 saturated heterocycles. The van der Waals surface area contributed by atoms with Crippen LogP contribution in [0.3, 0.4) is 0 Å². The lowest BCUT2D eigenvalue weighted by Crippen LogP contribution is -2.03. The molecule has 0 radical (unpaired) electrons. The number of hydrogen-bond donors (Lipinski definition) is 0. The van der Waals surface area contributed by atoms with Crippen LogP contribution in [0.15, 0.2) is 30.3 Å². The van der Waals surface area contributed by atoms with Crippen molar-refractivity contribution in [3.8, 4) is 11.8 Å². The standard InChI is InChI=1S/C15H15N3/c1-11-4-2-3-5-14(11)18-15(12-6-7-12)10-13(17-18)8-9-16/h2-5,10,12H,6-8H2,1H3. The van der Waals surface area contributed by atoms with Gasteiger partial charge in [-0.3, -0.25) is 0 Å². The minimum absolute atomic E-state index is 0.388. The molecule has 1 heterocycles. The van der Waals surface area contributed by atoms with Crippen LogP contribution in [0.4, 0.5) is 0 Å². The van der Waals surface area contributed by atoms with Crippen molar-refractivity contribution in [1.29, 1.82) is 5.26 Å². The van der Waals surface area contributed by atoms with Crippen LogP contribution in [0, 0.1) is 18.3 Å². The first-order chi connectivity index (χ1) is 8.79. The number of rotatable bonds is 3. The zero-order valence-corrected chi connectivity index (χ0v) is 10.4. The van der Waals surface area contributed by atoms with Crippen LogP contribution in [0.1, 0.15) is 35.7 Å². The maximum atomic E-state index is 8.80. The maximum Gasteiger partial charge on any atom is 0.0793 e. The van der Waals surface area contributed by atoms with E-state index in [4.69, 9.17) is 5.26 Å². The fraction of sp³-hybridized carbons (Fsp3) is 0.333. The summed E-state index contributed by atoms with van der Waals surface area (Å²) in [6.07, 6.45) is 2.87. The minimum Gasteiger partial charge on any atom is -0.237 e. The molecule has 0 atom stereocenters. The van der Waals surface area contributed by atoms with E-state index in [9.17, 15) is 0 Å². The Kier molecular flexibility index (Phi) is 2.64. The van der Waals surface area contributed by atoms with Gasteiger partial charge in [-0.2, -0.15) is 10.4 Å². The molecule has 1 saturated carbocycles. The zero-order valence-electron chi connectivity index (χ0n) is 10.4. The molecular weight excluding hydrogens is 222 g/mol. The Morgan fingerprint density at radius 3 is 2.83 bits per heavy atom. The third kappa shape index (κ3) is 1.91. The molecule has 1 aliphatic carbocycles. The van der Waals surface area contributed by atoms with Crippen molar-refractivity contribution in [2.45, 2.75) is 32.1 Å². The van der Waals surface area contributed by atoms with E-state index >= 15 is 0 Å². The van der Waals surface area contributed by atoms with Crippen molar-refractivity contribution in [3.05, 3.63) is 47.3 Å². The van der Waals surface area contributed by atoms with Crippen LogP contribution >= 0.6 is 0 Å². The molecule has 18 heavy (non-hydrogen) atoms. The van der Waals surface area contributed by atoms with Gasteiger partial charge in [0.2, 0.25) is 0 Å². The average Bonchev–Trinajstić information content (AvgIpc) is 3.13. The van der Waals surface area contributed by atoms with E-state index in [-0.39, 0.29) is 0 Å². The summed E-state index contributed by atoms with van der Waals surface area (Å²) < 4.78 is 2.03. The van der Waals surface area contributed by atoms with Crippen LogP contribution < -0.4 is 0 Å². The molecule has 90 valence electrons. The summed E-state index contributed by atoms with van der Waals surface area (Å²) in [5, 5.41) is 13.4. The van der Waals surface area contributed by atoms with Gasteiger partial charge in [0.15, 0.2) is 0 Å². The van der Waals surface area contributed by atoms with Gasteiger partial charge in [0.25, 0.3) is 0 Å². The highest BCUT2D eigenvalue weighted by Crippen LogP contribution is 2.41. The molecule has 1 aliphatic rings. The molecule has 0 amide bonds. The van der Waals surface area contributed by atoms with Crippen LogP contribution in [-0.2, 0) is 6.42 Å². The molecule has 0 aliphatic heterocycles. The van der Waals surface area contributed by atoms with Crippen molar-refractivity contribution in [3.63, 3.8) is 0 Å². The molecule has 2 aromatic rings. The van der Waals surface area contributed by atoms with Crippen molar-refractivity contribution in [2.75, 3.05) is 0 Å². The van der Waals surface area contributed by atoms with E-state index in [1.54, 1.807) is 0 Å². The third-order valence-electron chi connectivity index (χ3n) is 3.39. The van der Waals surface area contributed by atoms with Gasteiger partial charge in [-0.15, -0.1) is 0 Å². The van der Waals surface area contributed by atoms with E-state index in [2.05, 4.69) is 36.3 Å². The average molecular weight is 237 g/mol. The van der Waals surface area contributed by atoms with Crippen LogP contribution in [0.25, 0.3) is 5.69 Å². The molecule has 3 rings (SSSR count). The van der Waals surface area contributed by atoms with Crippen molar-refractivity contribution >= 4 is 0 Å². The Balaban J connectivity index is 2.10. The number of para-hydroxylation sites is 1. The summed E-state index contributed by atoms with van der Waals surface area (Å²) in [5.41, 5.74) is 4.48. The summed E-state index contributed by atoms with van der Waals surface area (Å²) in [6, 6.07) is 12.5. The molecule has 3 heteroatoms. The number of aryl methyl sites for hydroxylation is 1. The Labute approximate surface area is 107 Å². The monoisotopic (exact) mass is 237 g/mol. The molecule has 0 unspecified atom stereocenters. The first kappa shape index (κ1) is 11.0. The molecule has 3 nitrogen and oxygen atoms in total. The molecule has 1 aromatic carbocycles. The van der Waals surface area contributed by atoms with Gasteiger partial charge in [0, 0.05) is 11.6 Å². The second kappa shape index (κ2) is 4.30. The number of benzene rings is 1. The Morgan fingerprint density at radius 1 is 1.39 bits per heavy atom. The molecule has 0 N–H and O–H groups in total. The first-order valence-corrected chi connectivity index (χ1v) is 6.31. The summed E-state index contributed by atoms with van der Waals surface area (Å²) >= 11 is 0. The van der Waals surface area contributed by atoms with Gasteiger partial charge < -0.3 is 0 Å². The third-order valence-corrected chi connectivity index (χ3v) is 3.39. The second-order valence-corrected chi connectivity index (χ2v) is 4.87. The van der Waals surface area contributed by atoms with Gasteiger partial charge in [-0.05, 0) is 37.5 Å². The second-order valence-electron chi connectivity index (χ2n) is 4.87. The van der Waals surface area contributed by atoms with Gasteiger partial charge in [0.1, 0.15) is 0 Å². The Hall–Kier alpha value is -2.08. The highest BCUT2D eigenvalue weighted by atomic mass is 15.3. The Bertz CT molecular complexity index is 615. The predicted octanol–water partition coefficient (Wildman–Crippen LogP) is 3.12. The zero-order chi connectivity index (χ0) is 12.5. The van der Waals surface area contributed by atoms with E-state index in [1.165, 1.54) is 24.1 Å². The number of nitriles is 1.